The summed E-state index contributed by atoms with van der Waals surface area (Å²) in [5, 5.41) is 13.0. The van der Waals surface area contributed by atoms with Crippen molar-refractivity contribution in [1.29, 1.82) is 5.26 Å². The molecule has 22 heavy (non-hydrogen) atoms. The Hall–Kier alpha value is -2.46. The molecule has 3 heterocycles. The van der Waals surface area contributed by atoms with E-state index in [0.29, 0.717) is 17.3 Å². The Labute approximate surface area is 129 Å². The van der Waals surface area contributed by atoms with E-state index in [1.165, 1.54) is 0 Å². The standard InChI is InChI=1S/C15H18N6O/c1-11(15-18-12(2)19-22-15)20-6-8-21(9-7-20)14-13(10-16)4-3-5-17-14/h3-5,11H,6-9H2,1-2H3/t11-/m1/s1. The number of pyridine rings is 1. The summed E-state index contributed by atoms with van der Waals surface area (Å²) in [7, 11) is 0. The highest BCUT2D eigenvalue weighted by atomic mass is 16.5. The predicted octanol–water partition coefficient (Wildman–Crippen LogP) is 1.53. The molecule has 0 spiro atoms. The molecule has 1 atom stereocenters. The number of aromatic nitrogens is 3. The third-order valence-corrected chi connectivity index (χ3v) is 3.97. The van der Waals surface area contributed by atoms with Gasteiger partial charge in [0.05, 0.1) is 11.6 Å². The second-order valence-electron chi connectivity index (χ2n) is 5.37. The number of nitrogens with zero attached hydrogens (tertiary/aromatic N) is 6. The Morgan fingerprint density at radius 3 is 2.73 bits per heavy atom. The van der Waals surface area contributed by atoms with Crippen molar-refractivity contribution in [3.63, 3.8) is 0 Å². The number of rotatable bonds is 3. The van der Waals surface area contributed by atoms with E-state index in [9.17, 15) is 5.26 Å². The van der Waals surface area contributed by atoms with Crippen LogP contribution >= 0.6 is 0 Å². The van der Waals surface area contributed by atoms with Crippen LogP contribution in [0, 0.1) is 18.3 Å². The Morgan fingerprint density at radius 2 is 2.09 bits per heavy atom. The summed E-state index contributed by atoms with van der Waals surface area (Å²) in [4.78, 5) is 13.1. The fourth-order valence-electron chi connectivity index (χ4n) is 2.70. The first-order chi connectivity index (χ1) is 10.7. The van der Waals surface area contributed by atoms with Gasteiger partial charge in [-0.25, -0.2) is 4.98 Å². The predicted molar refractivity (Wildman–Crippen MR) is 80.2 cm³/mol. The molecule has 7 heteroatoms. The molecule has 1 aliphatic rings. The zero-order valence-electron chi connectivity index (χ0n) is 12.7. The maximum absolute atomic E-state index is 9.19. The van der Waals surface area contributed by atoms with E-state index in [1.807, 2.05) is 6.92 Å². The summed E-state index contributed by atoms with van der Waals surface area (Å²) in [5.74, 6) is 2.08. The number of anilines is 1. The molecule has 2 aromatic rings. The molecule has 0 radical (unpaired) electrons. The molecule has 0 saturated carbocycles. The SMILES string of the molecule is Cc1noc([C@@H](C)N2CCN(c3ncccc3C#N)CC2)n1. The Kier molecular flexibility index (Phi) is 4.02. The van der Waals surface area contributed by atoms with Crippen molar-refractivity contribution >= 4 is 5.82 Å². The molecule has 0 N–H and O–H groups in total. The van der Waals surface area contributed by atoms with Gasteiger partial charge in [-0.1, -0.05) is 5.16 Å². The van der Waals surface area contributed by atoms with Gasteiger partial charge in [-0.05, 0) is 26.0 Å². The minimum Gasteiger partial charge on any atom is -0.353 e. The quantitative estimate of drug-likeness (QED) is 0.849. The molecule has 1 fully saturated rings. The third kappa shape index (κ3) is 2.78. The van der Waals surface area contributed by atoms with E-state index in [-0.39, 0.29) is 6.04 Å². The average molecular weight is 298 g/mol. The van der Waals surface area contributed by atoms with Crippen molar-refractivity contribution in [2.24, 2.45) is 0 Å². The van der Waals surface area contributed by atoms with Gasteiger partial charge in [0.25, 0.3) is 0 Å². The Balaban J connectivity index is 1.66. The molecule has 3 rings (SSSR count). The minimum atomic E-state index is 0.0996. The van der Waals surface area contributed by atoms with Gasteiger partial charge < -0.3 is 9.42 Å². The maximum atomic E-state index is 9.19. The fourth-order valence-corrected chi connectivity index (χ4v) is 2.70. The minimum absolute atomic E-state index is 0.0996. The van der Waals surface area contributed by atoms with Gasteiger partial charge in [0.15, 0.2) is 5.82 Å². The lowest BCUT2D eigenvalue weighted by atomic mass is 10.2. The van der Waals surface area contributed by atoms with Gasteiger partial charge in [-0.2, -0.15) is 10.2 Å². The van der Waals surface area contributed by atoms with Gasteiger partial charge in [-0.3, -0.25) is 4.90 Å². The van der Waals surface area contributed by atoms with Crippen LogP contribution in [0.25, 0.3) is 0 Å². The largest absolute Gasteiger partial charge is 0.353 e. The van der Waals surface area contributed by atoms with Crippen molar-refractivity contribution in [1.82, 2.24) is 20.0 Å². The van der Waals surface area contributed by atoms with E-state index in [1.54, 1.807) is 18.3 Å². The van der Waals surface area contributed by atoms with Crippen molar-refractivity contribution in [2.75, 3.05) is 31.1 Å². The monoisotopic (exact) mass is 298 g/mol. The molecule has 114 valence electrons. The number of piperazine rings is 1. The van der Waals surface area contributed by atoms with Crippen LogP contribution in [-0.2, 0) is 0 Å². The molecule has 0 amide bonds. The number of aryl methyl sites for hydroxylation is 1. The first kappa shape index (κ1) is 14.5. The van der Waals surface area contributed by atoms with Gasteiger partial charge in [-0.15, -0.1) is 0 Å². The molecule has 0 aromatic carbocycles. The molecule has 0 bridgehead atoms. The van der Waals surface area contributed by atoms with Crippen LogP contribution in [0.1, 0.15) is 30.2 Å². The summed E-state index contributed by atoms with van der Waals surface area (Å²) in [6, 6.07) is 5.90. The van der Waals surface area contributed by atoms with Crippen LogP contribution < -0.4 is 4.90 Å². The molecule has 1 saturated heterocycles. The van der Waals surface area contributed by atoms with Crippen LogP contribution in [0.5, 0.6) is 0 Å². The highest BCUT2D eigenvalue weighted by Crippen LogP contribution is 2.23. The lowest BCUT2D eigenvalue weighted by molar-refractivity contribution is 0.164. The molecule has 2 aromatic heterocycles. The zero-order valence-corrected chi connectivity index (χ0v) is 12.7. The first-order valence-electron chi connectivity index (χ1n) is 7.33. The lowest BCUT2D eigenvalue weighted by Crippen LogP contribution is -2.47. The van der Waals surface area contributed by atoms with E-state index in [4.69, 9.17) is 4.52 Å². The number of hydrogen-bond donors (Lipinski definition) is 0. The van der Waals surface area contributed by atoms with Crippen LogP contribution in [0.3, 0.4) is 0 Å². The van der Waals surface area contributed by atoms with Crippen LogP contribution in [-0.4, -0.2) is 46.2 Å². The van der Waals surface area contributed by atoms with Crippen LogP contribution in [0.2, 0.25) is 0 Å². The van der Waals surface area contributed by atoms with Gasteiger partial charge >= 0.3 is 0 Å². The fraction of sp³-hybridized carbons (Fsp3) is 0.467. The van der Waals surface area contributed by atoms with E-state index in [0.717, 1.165) is 32.0 Å². The highest BCUT2D eigenvalue weighted by Gasteiger charge is 2.26. The van der Waals surface area contributed by atoms with Gasteiger partial charge in [0.1, 0.15) is 11.9 Å². The van der Waals surface area contributed by atoms with Crippen molar-refractivity contribution < 1.29 is 4.52 Å². The summed E-state index contributed by atoms with van der Waals surface area (Å²) < 4.78 is 5.26. The molecular weight excluding hydrogens is 280 g/mol. The second kappa shape index (κ2) is 6.12. The normalized spacial score (nSPS) is 17.2. The number of nitriles is 1. The topological polar surface area (TPSA) is 82.1 Å². The Bertz CT molecular complexity index is 683. The summed E-state index contributed by atoms with van der Waals surface area (Å²) in [6.45, 7) is 7.27. The second-order valence-corrected chi connectivity index (χ2v) is 5.37. The molecule has 0 unspecified atom stereocenters. The van der Waals surface area contributed by atoms with Gasteiger partial charge in [0.2, 0.25) is 5.89 Å². The van der Waals surface area contributed by atoms with Crippen molar-refractivity contribution in [3.8, 4) is 6.07 Å². The van der Waals surface area contributed by atoms with Gasteiger partial charge in [0, 0.05) is 32.4 Å². The summed E-state index contributed by atoms with van der Waals surface area (Å²) in [5.41, 5.74) is 0.622. The van der Waals surface area contributed by atoms with Crippen molar-refractivity contribution in [3.05, 3.63) is 35.6 Å². The molecular formula is C15H18N6O. The zero-order chi connectivity index (χ0) is 15.5. The summed E-state index contributed by atoms with van der Waals surface area (Å²) in [6.07, 6.45) is 1.73. The Morgan fingerprint density at radius 1 is 1.32 bits per heavy atom. The average Bonchev–Trinajstić information content (AvgIpc) is 3.01. The molecule has 0 aliphatic carbocycles. The van der Waals surface area contributed by atoms with Crippen LogP contribution in [0.15, 0.2) is 22.9 Å². The third-order valence-electron chi connectivity index (χ3n) is 3.97. The highest BCUT2D eigenvalue weighted by molar-refractivity contribution is 5.53. The van der Waals surface area contributed by atoms with E-state index < -0.39 is 0 Å². The van der Waals surface area contributed by atoms with E-state index in [2.05, 4.69) is 37.9 Å². The molecule has 7 nitrogen and oxygen atoms in total. The summed E-state index contributed by atoms with van der Waals surface area (Å²) >= 11 is 0. The maximum Gasteiger partial charge on any atom is 0.243 e. The smallest absolute Gasteiger partial charge is 0.243 e. The number of hydrogen-bond acceptors (Lipinski definition) is 7. The first-order valence-corrected chi connectivity index (χ1v) is 7.33. The van der Waals surface area contributed by atoms with Crippen LogP contribution in [0.4, 0.5) is 5.82 Å². The van der Waals surface area contributed by atoms with Crippen molar-refractivity contribution in [2.45, 2.75) is 19.9 Å². The lowest BCUT2D eigenvalue weighted by Gasteiger charge is -2.37. The van der Waals surface area contributed by atoms with E-state index >= 15 is 0 Å². The molecule has 1 aliphatic heterocycles.